The summed E-state index contributed by atoms with van der Waals surface area (Å²) in [6.07, 6.45) is 6.07. The number of carbonyl (C=O) groups is 1. The van der Waals surface area contributed by atoms with E-state index in [2.05, 4.69) is 6.08 Å². The van der Waals surface area contributed by atoms with Gasteiger partial charge < -0.3 is 4.74 Å². The van der Waals surface area contributed by atoms with Gasteiger partial charge in [-0.1, -0.05) is 91.0 Å². The summed E-state index contributed by atoms with van der Waals surface area (Å²) in [6.45, 7) is 0. The molecular formula is C26H24O2. The van der Waals surface area contributed by atoms with Gasteiger partial charge in [-0.25, -0.2) is 4.79 Å². The lowest BCUT2D eigenvalue weighted by Gasteiger charge is -2.34. The minimum Gasteiger partial charge on any atom is -0.430 e. The van der Waals surface area contributed by atoms with Crippen molar-refractivity contribution in [2.45, 2.75) is 31.1 Å². The third-order valence-corrected chi connectivity index (χ3v) is 5.40. The van der Waals surface area contributed by atoms with Crippen molar-refractivity contribution in [1.82, 2.24) is 0 Å². The Morgan fingerprint density at radius 1 is 0.679 bits per heavy atom. The second-order valence-corrected chi connectivity index (χ2v) is 7.15. The van der Waals surface area contributed by atoms with Crippen LogP contribution in [-0.2, 0) is 14.9 Å². The number of allylic oxidation sites excluding steroid dienone is 2. The van der Waals surface area contributed by atoms with Gasteiger partial charge in [-0.05, 0) is 42.0 Å². The molecule has 28 heavy (non-hydrogen) atoms. The van der Waals surface area contributed by atoms with Crippen molar-refractivity contribution in [3.63, 3.8) is 0 Å². The molecule has 140 valence electrons. The highest BCUT2D eigenvalue weighted by Crippen LogP contribution is 2.41. The number of carbonyl (C=O) groups excluding carboxylic acids is 1. The van der Waals surface area contributed by atoms with E-state index in [9.17, 15) is 4.79 Å². The Morgan fingerprint density at radius 3 is 1.54 bits per heavy atom. The second kappa shape index (κ2) is 8.26. The van der Waals surface area contributed by atoms with Gasteiger partial charge in [0.25, 0.3) is 0 Å². The molecule has 0 heterocycles. The molecule has 2 nitrogen and oxygen atoms in total. The maximum atomic E-state index is 13.9. The molecule has 4 rings (SSSR count). The normalized spacial score (nSPS) is 14.2. The minimum atomic E-state index is -1.01. The topological polar surface area (TPSA) is 26.3 Å². The Hall–Kier alpha value is -3.13. The monoisotopic (exact) mass is 368 g/mol. The number of hydrogen-bond acceptors (Lipinski definition) is 2. The van der Waals surface area contributed by atoms with E-state index in [4.69, 9.17) is 4.74 Å². The van der Waals surface area contributed by atoms with Crippen LogP contribution in [0.5, 0.6) is 0 Å². The van der Waals surface area contributed by atoms with Gasteiger partial charge in [0.2, 0.25) is 0 Å². The summed E-state index contributed by atoms with van der Waals surface area (Å²) in [5.41, 5.74) is 1.72. The second-order valence-electron chi connectivity index (χ2n) is 7.15. The highest BCUT2D eigenvalue weighted by molar-refractivity contribution is 5.92. The van der Waals surface area contributed by atoms with E-state index in [1.165, 1.54) is 0 Å². The largest absolute Gasteiger partial charge is 0.430 e. The maximum Gasteiger partial charge on any atom is 0.330 e. The number of esters is 1. The fourth-order valence-electron chi connectivity index (χ4n) is 4.02. The molecule has 0 fully saturated rings. The molecule has 0 saturated heterocycles. The Labute approximate surface area is 166 Å². The molecule has 0 aromatic heterocycles. The van der Waals surface area contributed by atoms with Crippen LogP contribution < -0.4 is 0 Å². The van der Waals surface area contributed by atoms with Crippen LogP contribution in [0, 0.1) is 0 Å². The standard InChI is InChI=1S/C26H24O2/c27-25(28-24-19-11-4-12-20-24)26(21-13-5-1-6-14-21,22-15-7-2-8-16-22)23-17-9-3-10-18-23/h1-3,5-10,13-19H,4,11-12,20H2. The fourth-order valence-corrected chi connectivity index (χ4v) is 4.02. The zero-order chi connectivity index (χ0) is 19.2. The first-order valence-corrected chi connectivity index (χ1v) is 9.89. The summed E-state index contributed by atoms with van der Waals surface area (Å²) in [6, 6.07) is 29.8. The predicted molar refractivity (Wildman–Crippen MR) is 112 cm³/mol. The van der Waals surface area contributed by atoms with Crippen LogP contribution in [0.4, 0.5) is 0 Å². The number of ether oxygens (including phenoxy) is 1. The number of benzene rings is 3. The smallest absolute Gasteiger partial charge is 0.330 e. The summed E-state index contributed by atoms with van der Waals surface area (Å²) in [7, 11) is 0. The van der Waals surface area contributed by atoms with E-state index >= 15 is 0 Å². The Balaban J connectivity index is 1.93. The molecule has 0 N–H and O–H groups in total. The minimum absolute atomic E-state index is 0.246. The van der Waals surface area contributed by atoms with Gasteiger partial charge in [0.05, 0.1) is 0 Å². The van der Waals surface area contributed by atoms with E-state index in [-0.39, 0.29) is 5.97 Å². The summed E-state index contributed by atoms with van der Waals surface area (Å²) in [5, 5.41) is 0. The molecule has 2 heteroatoms. The molecule has 0 amide bonds. The first kappa shape index (κ1) is 18.2. The van der Waals surface area contributed by atoms with Gasteiger partial charge in [0.15, 0.2) is 0 Å². The summed E-state index contributed by atoms with van der Waals surface area (Å²) in [4.78, 5) is 13.9. The molecular weight excluding hydrogens is 344 g/mol. The van der Waals surface area contributed by atoms with Crippen LogP contribution in [0.1, 0.15) is 42.4 Å². The zero-order valence-corrected chi connectivity index (χ0v) is 15.9. The molecule has 1 aliphatic rings. The van der Waals surface area contributed by atoms with Gasteiger partial charge in [0, 0.05) is 6.42 Å². The van der Waals surface area contributed by atoms with Crippen molar-refractivity contribution in [2.24, 2.45) is 0 Å². The molecule has 0 saturated carbocycles. The van der Waals surface area contributed by atoms with Crippen molar-refractivity contribution < 1.29 is 9.53 Å². The van der Waals surface area contributed by atoms with Crippen molar-refractivity contribution in [3.8, 4) is 0 Å². The maximum absolute atomic E-state index is 13.9. The molecule has 0 spiro atoms. The first-order valence-electron chi connectivity index (χ1n) is 9.89. The van der Waals surface area contributed by atoms with Crippen LogP contribution in [0.15, 0.2) is 103 Å². The lowest BCUT2D eigenvalue weighted by molar-refractivity contribution is -0.143. The molecule has 0 radical (unpaired) electrons. The van der Waals surface area contributed by atoms with Crippen molar-refractivity contribution in [3.05, 3.63) is 120 Å². The quantitative estimate of drug-likeness (QED) is 0.406. The van der Waals surface area contributed by atoms with Crippen LogP contribution >= 0.6 is 0 Å². The van der Waals surface area contributed by atoms with E-state index in [0.29, 0.717) is 0 Å². The fraction of sp³-hybridized carbons (Fsp3) is 0.192. The van der Waals surface area contributed by atoms with Gasteiger partial charge >= 0.3 is 5.97 Å². The van der Waals surface area contributed by atoms with E-state index in [1.54, 1.807) is 0 Å². The molecule has 3 aromatic carbocycles. The number of hydrogen-bond donors (Lipinski definition) is 0. The average molecular weight is 368 g/mol. The molecule has 0 atom stereocenters. The van der Waals surface area contributed by atoms with Crippen LogP contribution in [0.25, 0.3) is 0 Å². The van der Waals surface area contributed by atoms with Crippen molar-refractivity contribution in [1.29, 1.82) is 0 Å². The Bertz CT molecular complexity index is 847. The molecule has 0 bridgehead atoms. The average Bonchev–Trinajstić information content (AvgIpc) is 2.77. The summed E-state index contributed by atoms with van der Waals surface area (Å²) < 4.78 is 6.04. The Kier molecular flexibility index (Phi) is 5.38. The van der Waals surface area contributed by atoms with Gasteiger partial charge in [-0.3, -0.25) is 0 Å². The predicted octanol–water partition coefficient (Wildman–Crippen LogP) is 6.02. The van der Waals surface area contributed by atoms with E-state index < -0.39 is 5.41 Å². The summed E-state index contributed by atoms with van der Waals surface area (Å²) >= 11 is 0. The van der Waals surface area contributed by atoms with Gasteiger partial charge in [0.1, 0.15) is 11.2 Å². The molecule has 0 aliphatic heterocycles. The lowest BCUT2D eigenvalue weighted by Crippen LogP contribution is -2.40. The number of rotatable bonds is 5. The molecule has 3 aromatic rings. The molecule has 1 aliphatic carbocycles. The summed E-state index contributed by atoms with van der Waals surface area (Å²) in [5.74, 6) is 0.549. The van der Waals surface area contributed by atoms with Crippen molar-refractivity contribution in [2.75, 3.05) is 0 Å². The first-order chi connectivity index (χ1) is 13.8. The van der Waals surface area contributed by atoms with E-state index in [1.807, 2.05) is 91.0 Å². The van der Waals surface area contributed by atoms with Crippen LogP contribution in [-0.4, -0.2) is 5.97 Å². The molecule has 0 unspecified atom stereocenters. The van der Waals surface area contributed by atoms with Crippen molar-refractivity contribution >= 4 is 5.97 Å². The SMILES string of the molecule is O=C(OC1=CCCCC1)C(c1ccccc1)(c1ccccc1)c1ccccc1. The Morgan fingerprint density at radius 2 is 1.14 bits per heavy atom. The lowest BCUT2D eigenvalue weighted by atomic mass is 9.69. The third-order valence-electron chi connectivity index (χ3n) is 5.40. The van der Waals surface area contributed by atoms with Gasteiger partial charge in [-0.2, -0.15) is 0 Å². The zero-order valence-electron chi connectivity index (χ0n) is 15.9. The van der Waals surface area contributed by atoms with Gasteiger partial charge in [-0.15, -0.1) is 0 Å². The van der Waals surface area contributed by atoms with Crippen LogP contribution in [0.2, 0.25) is 0 Å². The van der Waals surface area contributed by atoms with Crippen LogP contribution in [0.3, 0.4) is 0 Å². The van der Waals surface area contributed by atoms with E-state index in [0.717, 1.165) is 48.1 Å². The third kappa shape index (κ3) is 3.38. The highest BCUT2D eigenvalue weighted by atomic mass is 16.5. The highest BCUT2D eigenvalue weighted by Gasteiger charge is 2.45.